The first kappa shape index (κ1) is 13.1. The Morgan fingerprint density at radius 2 is 2.39 bits per heavy atom. The number of nitrogens with one attached hydrogen (secondary N) is 2. The molecule has 0 saturated carbocycles. The molecule has 2 N–H and O–H groups in total. The molecule has 1 amide bonds. The lowest BCUT2D eigenvalue weighted by Crippen LogP contribution is -2.33. The maximum Gasteiger partial charge on any atom is 0.239 e. The van der Waals surface area contributed by atoms with Crippen molar-refractivity contribution in [2.45, 2.75) is 19.4 Å². The summed E-state index contributed by atoms with van der Waals surface area (Å²) in [6, 6.07) is 1.81. The van der Waals surface area contributed by atoms with Gasteiger partial charge in [0.15, 0.2) is 0 Å². The molecule has 2 heterocycles. The Morgan fingerprint density at radius 1 is 1.61 bits per heavy atom. The summed E-state index contributed by atoms with van der Waals surface area (Å²) in [7, 11) is 0. The van der Waals surface area contributed by atoms with Crippen molar-refractivity contribution in [2.24, 2.45) is 0 Å². The molecule has 0 aromatic carbocycles. The smallest absolute Gasteiger partial charge is 0.239 e. The monoisotopic (exact) mass is 269 g/mol. The van der Waals surface area contributed by atoms with Crippen molar-refractivity contribution in [1.29, 1.82) is 0 Å². The Labute approximate surface area is 111 Å². The van der Waals surface area contributed by atoms with E-state index in [2.05, 4.69) is 15.6 Å². The third-order valence-corrected chi connectivity index (χ3v) is 2.99. The largest absolute Gasteiger partial charge is 0.380 e. The molecule has 1 atom stereocenters. The number of nitrogens with zero attached hydrogens (tertiary/aromatic N) is 1. The topological polar surface area (TPSA) is 63.2 Å². The number of ether oxygens (including phenoxy) is 1. The minimum absolute atomic E-state index is 0.0629. The second-order valence-corrected chi connectivity index (χ2v) is 4.48. The van der Waals surface area contributed by atoms with Crippen LogP contribution in [0.15, 0.2) is 12.3 Å². The van der Waals surface area contributed by atoms with Gasteiger partial charge in [-0.3, -0.25) is 9.78 Å². The number of aryl methyl sites for hydroxylation is 1. The Morgan fingerprint density at radius 3 is 3.00 bits per heavy atom. The normalized spacial score (nSPS) is 18.0. The van der Waals surface area contributed by atoms with Crippen molar-refractivity contribution in [3.8, 4) is 0 Å². The highest BCUT2D eigenvalue weighted by atomic mass is 35.5. The van der Waals surface area contributed by atoms with Crippen LogP contribution in [-0.2, 0) is 9.53 Å². The van der Waals surface area contributed by atoms with Gasteiger partial charge in [-0.1, -0.05) is 0 Å². The van der Waals surface area contributed by atoms with E-state index in [1.54, 1.807) is 6.20 Å². The summed E-state index contributed by atoms with van der Waals surface area (Å²) in [6.45, 7) is 3.41. The van der Waals surface area contributed by atoms with Crippen molar-refractivity contribution in [2.75, 3.05) is 29.7 Å². The fourth-order valence-corrected chi connectivity index (χ4v) is 1.72. The zero-order chi connectivity index (χ0) is 13.0. The molecule has 1 aromatic heterocycles. The number of rotatable bonds is 5. The van der Waals surface area contributed by atoms with Crippen LogP contribution in [0.25, 0.3) is 0 Å². The van der Waals surface area contributed by atoms with Crippen LogP contribution < -0.4 is 10.6 Å². The van der Waals surface area contributed by atoms with E-state index < -0.39 is 0 Å². The molecule has 1 saturated heterocycles. The third kappa shape index (κ3) is 3.34. The number of carbonyl (C=O) groups excluding carboxylic acids is 1. The number of anilines is 2. The number of hydrogen-bond donors (Lipinski definition) is 2. The van der Waals surface area contributed by atoms with E-state index in [1.807, 2.05) is 13.0 Å². The summed E-state index contributed by atoms with van der Waals surface area (Å²) in [6.07, 6.45) is 3.02. The summed E-state index contributed by atoms with van der Waals surface area (Å²) in [5, 5.41) is 5.97. The van der Waals surface area contributed by atoms with Gasteiger partial charge in [-0.25, -0.2) is 0 Å². The Balaban J connectivity index is 2.04. The zero-order valence-corrected chi connectivity index (χ0v) is 11.0. The molecule has 5 nitrogen and oxygen atoms in total. The van der Waals surface area contributed by atoms with E-state index in [1.165, 1.54) is 0 Å². The second kappa shape index (κ2) is 6.02. The number of amides is 1. The lowest BCUT2D eigenvalue weighted by Gasteiger charge is -2.27. The van der Waals surface area contributed by atoms with Gasteiger partial charge in [-0.15, -0.1) is 11.6 Å². The van der Waals surface area contributed by atoms with E-state index in [9.17, 15) is 4.79 Å². The first-order chi connectivity index (χ1) is 8.69. The Kier molecular flexibility index (Phi) is 4.38. The summed E-state index contributed by atoms with van der Waals surface area (Å²) in [5.74, 6) is -0.294. The lowest BCUT2D eigenvalue weighted by atomic mass is 10.2. The Hall–Kier alpha value is -1.33. The van der Waals surface area contributed by atoms with Crippen LogP contribution in [0, 0.1) is 6.92 Å². The van der Waals surface area contributed by atoms with E-state index in [0.717, 1.165) is 24.4 Å². The molecule has 18 heavy (non-hydrogen) atoms. The summed E-state index contributed by atoms with van der Waals surface area (Å²) in [5.41, 5.74) is 2.33. The molecule has 1 fully saturated rings. The lowest BCUT2D eigenvalue weighted by molar-refractivity contribution is -0.113. The van der Waals surface area contributed by atoms with Crippen LogP contribution in [0.2, 0.25) is 0 Å². The van der Waals surface area contributed by atoms with Gasteiger partial charge in [-0.05, 0) is 19.4 Å². The first-order valence-corrected chi connectivity index (χ1v) is 6.40. The molecule has 0 unspecified atom stereocenters. The first-order valence-electron chi connectivity index (χ1n) is 5.87. The van der Waals surface area contributed by atoms with Crippen LogP contribution in [0.1, 0.15) is 12.1 Å². The van der Waals surface area contributed by atoms with Gasteiger partial charge in [-0.2, -0.15) is 0 Å². The molecule has 0 bridgehead atoms. The molecule has 1 aliphatic rings. The number of pyridine rings is 1. The van der Waals surface area contributed by atoms with Crippen LogP contribution in [-0.4, -0.2) is 36.0 Å². The van der Waals surface area contributed by atoms with Crippen molar-refractivity contribution in [3.05, 3.63) is 18.0 Å². The number of hydrogen-bond acceptors (Lipinski definition) is 4. The summed E-state index contributed by atoms with van der Waals surface area (Å²) in [4.78, 5) is 15.5. The average Bonchev–Trinajstić information content (AvgIpc) is 2.29. The van der Waals surface area contributed by atoms with Crippen LogP contribution >= 0.6 is 11.6 Å². The quantitative estimate of drug-likeness (QED) is 0.800. The molecule has 0 aliphatic carbocycles. The minimum Gasteiger partial charge on any atom is -0.380 e. The molecule has 1 aromatic rings. The maximum atomic E-state index is 11.3. The van der Waals surface area contributed by atoms with Gasteiger partial charge < -0.3 is 15.4 Å². The molecule has 6 heteroatoms. The average molecular weight is 270 g/mol. The van der Waals surface area contributed by atoms with Crippen LogP contribution in [0.5, 0.6) is 0 Å². The maximum absolute atomic E-state index is 11.3. The van der Waals surface area contributed by atoms with Crippen molar-refractivity contribution in [3.63, 3.8) is 0 Å². The van der Waals surface area contributed by atoms with E-state index in [-0.39, 0.29) is 17.9 Å². The molecule has 98 valence electrons. The summed E-state index contributed by atoms with van der Waals surface area (Å²) >= 11 is 5.49. The minimum atomic E-state index is -0.231. The van der Waals surface area contributed by atoms with Crippen molar-refractivity contribution < 1.29 is 9.53 Å². The standard InChI is InChI=1S/C12H16ClN3O2/c1-8-4-10(16-12(17)5-13)11(7-14-8)15-6-9-2-3-18-9/h4,7,9,15H,2-3,5-6H2,1H3,(H,14,16,17)/t9-/m0/s1. The zero-order valence-electron chi connectivity index (χ0n) is 10.2. The Bertz CT molecular complexity index is 435. The highest BCUT2D eigenvalue weighted by Gasteiger charge is 2.18. The van der Waals surface area contributed by atoms with E-state index >= 15 is 0 Å². The van der Waals surface area contributed by atoms with E-state index in [4.69, 9.17) is 16.3 Å². The predicted molar refractivity (Wildman–Crippen MR) is 71.2 cm³/mol. The fraction of sp³-hybridized carbons (Fsp3) is 0.500. The predicted octanol–water partition coefficient (Wildman–Crippen LogP) is 1.77. The summed E-state index contributed by atoms with van der Waals surface area (Å²) < 4.78 is 5.33. The van der Waals surface area contributed by atoms with Crippen molar-refractivity contribution in [1.82, 2.24) is 4.98 Å². The SMILES string of the molecule is Cc1cc(NC(=O)CCl)c(NC[C@@H]2CCO2)cn1. The van der Waals surface area contributed by atoms with Gasteiger partial charge in [0.1, 0.15) is 5.88 Å². The molecule has 0 radical (unpaired) electrons. The van der Waals surface area contributed by atoms with Gasteiger partial charge in [0.25, 0.3) is 0 Å². The van der Waals surface area contributed by atoms with Crippen LogP contribution in [0.4, 0.5) is 11.4 Å². The van der Waals surface area contributed by atoms with Gasteiger partial charge in [0.2, 0.25) is 5.91 Å². The van der Waals surface area contributed by atoms with Gasteiger partial charge in [0, 0.05) is 18.8 Å². The highest BCUT2D eigenvalue weighted by Crippen LogP contribution is 2.22. The molecule has 2 rings (SSSR count). The number of halogens is 1. The van der Waals surface area contributed by atoms with E-state index in [0.29, 0.717) is 12.2 Å². The number of alkyl halides is 1. The number of carbonyl (C=O) groups is 1. The highest BCUT2D eigenvalue weighted by molar-refractivity contribution is 6.29. The third-order valence-electron chi connectivity index (χ3n) is 2.75. The van der Waals surface area contributed by atoms with Gasteiger partial charge in [0.05, 0.1) is 23.7 Å². The molecular formula is C12H16ClN3O2. The molecule has 0 spiro atoms. The van der Waals surface area contributed by atoms with Crippen molar-refractivity contribution >= 4 is 28.9 Å². The second-order valence-electron chi connectivity index (χ2n) is 4.22. The number of aromatic nitrogens is 1. The molecule has 1 aliphatic heterocycles. The van der Waals surface area contributed by atoms with Crippen LogP contribution in [0.3, 0.4) is 0 Å². The molecular weight excluding hydrogens is 254 g/mol. The fourth-order valence-electron chi connectivity index (χ4n) is 1.66. The van der Waals surface area contributed by atoms with Gasteiger partial charge >= 0.3 is 0 Å².